The van der Waals surface area contributed by atoms with Crippen LogP contribution in [0.15, 0.2) is 78.9 Å². The maximum atomic E-state index is 12.1. The smallest absolute Gasteiger partial charge is 0.248 e. The number of hydrogen-bond acceptors (Lipinski definition) is 2. The van der Waals surface area contributed by atoms with Gasteiger partial charge in [-0.2, -0.15) is 0 Å². The molecule has 3 aromatic carbocycles. The molecule has 3 nitrogen and oxygen atoms in total. The van der Waals surface area contributed by atoms with Crippen molar-refractivity contribution in [2.75, 3.05) is 5.32 Å². The van der Waals surface area contributed by atoms with Crippen molar-refractivity contribution < 1.29 is 9.53 Å². The molecule has 0 atom stereocenters. The van der Waals surface area contributed by atoms with Crippen LogP contribution < -0.4 is 10.1 Å². The van der Waals surface area contributed by atoms with Crippen LogP contribution in [0, 0.1) is 13.8 Å². The number of ether oxygens (including phenoxy) is 1. The van der Waals surface area contributed by atoms with Gasteiger partial charge in [0.2, 0.25) is 5.91 Å². The van der Waals surface area contributed by atoms with E-state index in [9.17, 15) is 4.79 Å². The number of amides is 1. The van der Waals surface area contributed by atoms with E-state index in [2.05, 4.69) is 5.32 Å². The molecule has 3 heteroatoms. The second kappa shape index (κ2) is 8.86. The van der Waals surface area contributed by atoms with Crippen molar-refractivity contribution >= 4 is 17.7 Å². The molecule has 0 saturated carbocycles. The highest BCUT2D eigenvalue weighted by atomic mass is 16.5. The number of carbonyl (C=O) groups excluding carboxylic acids is 1. The van der Waals surface area contributed by atoms with Gasteiger partial charge in [-0.15, -0.1) is 0 Å². The molecular formula is C24H23NO2. The summed E-state index contributed by atoms with van der Waals surface area (Å²) < 4.78 is 5.77. The number of benzene rings is 3. The van der Waals surface area contributed by atoms with Crippen molar-refractivity contribution in [3.63, 3.8) is 0 Å². The van der Waals surface area contributed by atoms with Crippen LogP contribution in [0.25, 0.3) is 6.08 Å². The Morgan fingerprint density at radius 1 is 0.926 bits per heavy atom. The summed E-state index contributed by atoms with van der Waals surface area (Å²) in [5, 5.41) is 2.88. The molecule has 0 unspecified atom stereocenters. The van der Waals surface area contributed by atoms with Gasteiger partial charge in [-0.05, 0) is 66.4 Å². The Bertz CT molecular complexity index is 928. The molecule has 0 aliphatic rings. The summed E-state index contributed by atoms with van der Waals surface area (Å²) in [6.45, 7) is 4.62. The fourth-order valence-electron chi connectivity index (χ4n) is 2.59. The van der Waals surface area contributed by atoms with Crippen molar-refractivity contribution in [2.24, 2.45) is 0 Å². The molecule has 0 radical (unpaired) electrons. The zero-order valence-corrected chi connectivity index (χ0v) is 15.6. The van der Waals surface area contributed by atoms with Crippen molar-refractivity contribution in [1.82, 2.24) is 0 Å². The van der Waals surface area contributed by atoms with Crippen LogP contribution in [0.4, 0.5) is 5.69 Å². The van der Waals surface area contributed by atoms with E-state index in [0.717, 1.165) is 28.1 Å². The first-order valence-corrected chi connectivity index (χ1v) is 8.93. The Labute approximate surface area is 160 Å². The zero-order chi connectivity index (χ0) is 19.1. The third kappa shape index (κ3) is 5.58. The zero-order valence-electron chi connectivity index (χ0n) is 15.6. The summed E-state index contributed by atoms with van der Waals surface area (Å²) >= 11 is 0. The van der Waals surface area contributed by atoms with Gasteiger partial charge >= 0.3 is 0 Å². The number of nitrogens with one attached hydrogen (secondary N) is 1. The van der Waals surface area contributed by atoms with Crippen LogP contribution >= 0.6 is 0 Å². The van der Waals surface area contributed by atoms with Gasteiger partial charge in [0.1, 0.15) is 12.4 Å². The van der Waals surface area contributed by atoms with Gasteiger partial charge in [0.25, 0.3) is 0 Å². The third-order valence-electron chi connectivity index (χ3n) is 4.33. The lowest BCUT2D eigenvalue weighted by Gasteiger charge is -2.06. The van der Waals surface area contributed by atoms with Gasteiger partial charge in [-0.1, -0.05) is 48.5 Å². The van der Waals surface area contributed by atoms with Gasteiger partial charge in [0.15, 0.2) is 0 Å². The van der Waals surface area contributed by atoms with Crippen LogP contribution in [0.1, 0.15) is 22.3 Å². The van der Waals surface area contributed by atoms with Gasteiger partial charge in [0.05, 0.1) is 0 Å². The number of aryl methyl sites for hydroxylation is 2. The largest absolute Gasteiger partial charge is 0.489 e. The topological polar surface area (TPSA) is 38.3 Å². The maximum absolute atomic E-state index is 12.1. The number of hydrogen-bond donors (Lipinski definition) is 1. The SMILES string of the molecule is Cc1ccc(NC(=O)C=Cc2ccc(OCc3ccccc3)cc2)cc1C. The van der Waals surface area contributed by atoms with E-state index in [-0.39, 0.29) is 5.91 Å². The van der Waals surface area contributed by atoms with E-state index in [1.54, 1.807) is 6.08 Å². The first-order valence-electron chi connectivity index (χ1n) is 8.93. The summed E-state index contributed by atoms with van der Waals surface area (Å²) in [7, 11) is 0. The first kappa shape index (κ1) is 18.5. The highest BCUT2D eigenvalue weighted by molar-refractivity contribution is 6.02. The van der Waals surface area contributed by atoms with Crippen molar-refractivity contribution in [3.05, 3.63) is 101 Å². The molecule has 1 amide bonds. The van der Waals surface area contributed by atoms with Gasteiger partial charge in [0, 0.05) is 11.8 Å². The normalized spacial score (nSPS) is 10.7. The molecule has 0 aliphatic heterocycles. The third-order valence-corrected chi connectivity index (χ3v) is 4.33. The van der Waals surface area contributed by atoms with Crippen molar-refractivity contribution in [2.45, 2.75) is 20.5 Å². The molecule has 3 aromatic rings. The van der Waals surface area contributed by atoms with E-state index < -0.39 is 0 Å². The molecule has 136 valence electrons. The lowest BCUT2D eigenvalue weighted by Crippen LogP contribution is -2.07. The second-order valence-electron chi connectivity index (χ2n) is 6.46. The van der Waals surface area contributed by atoms with E-state index in [1.165, 1.54) is 11.6 Å². The second-order valence-corrected chi connectivity index (χ2v) is 6.46. The molecule has 27 heavy (non-hydrogen) atoms. The van der Waals surface area contributed by atoms with Gasteiger partial charge in [-0.3, -0.25) is 4.79 Å². The molecule has 1 N–H and O–H groups in total. The maximum Gasteiger partial charge on any atom is 0.248 e. The van der Waals surface area contributed by atoms with Crippen molar-refractivity contribution in [3.8, 4) is 5.75 Å². The van der Waals surface area contributed by atoms with E-state index in [0.29, 0.717) is 6.61 Å². The van der Waals surface area contributed by atoms with Crippen LogP contribution in [0.5, 0.6) is 5.75 Å². The molecule has 3 rings (SSSR count). The minimum Gasteiger partial charge on any atom is -0.489 e. The fraction of sp³-hybridized carbons (Fsp3) is 0.125. The molecule has 0 bridgehead atoms. The Balaban J connectivity index is 1.53. The summed E-state index contributed by atoms with van der Waals surface area (Å²) in [5.41, 5.74) is 5.24. The average molecular weight is 357 g/mol. The van der Waals surface area contributed by atoms with E-state index in [4.69, 9.17) is 4.74 Å². The molecule has 0 aliphatic carbocycles. The quantitative estimate of drug-likeness (QED) is 0.589. The van der Waals surface area contributed by atoms with Crippen LogP contribution in [0.2, 0.25) is 0 Å². The van der Waals surface area contributed by atoms with Crippen LogP contribution in [0.3, 0.4) is 0 Å². The van der Waals surface area contributed by atoms with Crippen molar-refractivity contribution in [1.29, 1.82) is 0 Å². The summed E-state index contributed by atoms with van der Waals surface area (Å²) in [6.07, 6.45) is 3.33. The standard InChI is InChI=1S/C24H23NO2/c1-18-8-12-22(16-19(18)2)25-24(26)15-11-20-9-13-23(14-10-20)27-17-21-6-4-3-5-7-21/h3-16H,17H2,1-2H3,(H,25,26). The first-order chi connectivity index (χ1) is 13.1. The summed E-state index contributed by atoms with van der Waals surface area (Å²) in [4.78, 5) is 12.1. The molecule has 0 spiro atoms. The monoisotopic (exact) mass is 357 g/mol. The average Bonchev–Trinajstić information content (AvgIpc) is 2.69. The number of rotatable bonds is 6. The Hall–Kier alpha value is -3.33. The Kier molecular flexibility index (Phi) is 6.06. The minimum absolute atomic E-state index is 0.150. The molecule has 0 aromatic heterocycles. The Morgan fingerprint density at radius 2 is 1.67 bits per heavy atom. The van der Waals surface area contributed by atoms with Gasteiger partial charge in [-0.25, -0.2) is 0 Å². The lowest BCUT2D eigenvalue weighted by atomic mass is 10.1. The highest BCUT2D eigenvalue weighted by Gasteiger charge is 2.00. The van der Waals surface area contributed by atoms with E-state index in [1.807, 2.05) is 86.6 Å². The van der Waals surface area contributed by atoms with Gasteiger partial charge < -0.3 is 10.1 Å². The molecule has 0 heterocycles. The minimum atomic E-state index is -0.150. The molecule has 0 fully saturated rings. The highest BCUT2D eigenvalue weighted by Crippen LogP contribution is 2.16. The molecular weight excluding hydrogens is 334 g/mol. The predicted octanol–water partition coefficient (Wildman–Crippen LogP) is 5.53. The number of anilines is 1. The van der Waals surface area contributed by atoms with E-state index >= 15 is 0 Å². The fourth-order valence-corrected chi connectivity index (χ4v) is 2.59. The van der Waals surface area contributed by atoms with Crippen LogP contribution in [-0.2, 0) is 11.4 Å². The predicted molar refractivity (Wildman–Crippen MR) is 111 cm³/mol. The van der Waals surface area contributed by atoms with Crippen LogP contribution in [-0.4, -0.2) is 5.91 Å². The summed E-state index contributed by atoms with van der Waals surface area (Å²) in [5.74, 6) is 0.651. The summed E-state index contributed by atoms with van der Waals surface area (Å²) in [6, 6.07) is 23.6. The lowest BCUT2D eigenvalue weighted by molar-refractivity contribution is -0.111. The molecule has 0 saturated heterocycles. The number of carbonyl (C=O) groups is 1. The Morgan fingerprint density at radius 3 is 2.37 bits per heavy atom.